The molecule has 0 amide bonds. The second-order valence-electron chi connectivity index (χ2n) is 1.93. The Bertz CT molecular complexity index is 334. The second-order valence-corrected chi connectivity index (χ2v) is 1.93. The van der Waals surface area contributed by atoms with Crippen molar-refractivity contribution in [1.29, 1.82) is 0 Å². The Balaban J connectivity index is 2.79. The van der Waals surface area contributed by atoms with Crippen LogP contribution < -0.4 is 5.32 Å². The third-order valence-corrected chi connectivity index (χ3v) is 1.22. The zero-order valence-corrected chi connectivity index (χ0v) is 5.57. The van der Waals surface area contributed by atoms with Crippen molar-refractivity contribution < 1.29 is 9.04 Å². The maximum Gasteiger partial charge on any atom is 0.269 e. The van der Waals surface area contributed by atoms with E-state index in [0.717, 1.165) is 0 Å². The molecule has 1 N–H and O–H groups in total. The summed E-state index contributed by atoms with van der Waals surface area (Å²) in [5.74, 6) is 0. The highest BCUT2D eigenvalue weighted by Crippen LogP contribution is 2.14. The van der Waals surface area contributed by atoms with E-state index in [2.05, 4.69) is 5.32 Å². The van der Waals surface area contributed by atoms with E-state index in [1.807, 2.05) is 0 Å². The van der Waals surface area contributed by atoms with Gasteiger partial charge in [0.05, 0.1) is 4.92 Å². The van der Waals surface area contributed by atoms with E-state index < -0.39 is 11.9 Å². The Morgan fingerprint density at radius 2 is 2.18 bits per heavy atom. The Morgan fingerprint density at radius 1 is 1.55 bits per heavy atom. The summed E-state index contributed by atoms with van der Waals surface area (Å²) in [4.78, 5) is 9.73. The Labute approximate surface area is 68.2 Å². The van der Waals surface area contributed by atoms with Crippen molar-refractivity contribution >= 4 is 11.4 Å². The molecule has 0 saturated carbocycles. The summed E-state index contributed by atoms with van der Waals surface area (Å²) in [7, 11) is 0. The molecular weight excluding hydrogens is 144 g/mol. The molecule has 0 unspecified atom stereocenters. The highest BCUT2D eigenvalue weighted by molar-refractivity contribution is 5.47. The molecule has 0 atom stereocenters. The fraction of sp³-hybridized carbons (Fsp3) is 0.143. The van der Waals surface area contributed by atoms with Gasteiger partial charge in [-0.15, -0.1) is 0 Å². The van der Waals surface area contributed by atoms with Gasteiger partial charge in [-0.25, -0.2) is 0 Å². The summed E-state index contributed by atoms with van der Waals surface area (Å²) in [5, 5.41) is 12.5. The lowest BCUT2D eigenvalue weighted by Crippen LogP contribution is -1.89. The van der Waals surface area contributed by atoms with Gasteiger partial charge in [-0.05, 0) is 12.1 Å². The van der Waals surface area contributed by atoms with Crippen LogP contribution in [-0.4, -0.2) is 11.9 Å². The number of nitro groups is 1. The van der Waals surface area contributed by atoms with E-state index in [0.29, 0.717) is 5.69 Å². The lowest BCUT2D eigenvalue weighted by atomic mass is 10.3. The fourth-order valence-corrected chi connectivity index (χ4v) is 0.666. The molecule has 11 heavy (non-hydrogen) atoms. The quantitative estimate of drug-likeness (QED) is 0.521. The smallest absolute Gasteiger partial charge is 0.269 e. The van der Waals surface area contributed by atoms with Crippen molar-refractivity contribution in [1.82, 2.24) is 0 Å². The molecule has 0 aliphatic carbocycles. The van der Waals surface area contributed by atoms with Gasteiger partial charge in [-0.1, -0.05) is 0 Å². The van der Waals surface area contributed by atoms with Crippen LogP contribution in [0.4, 0.5) is 11.4 Å². The van der Waals surface area contributed by atoms with Gasteiger partial charge < -0.3 is 5.32 Å². The highest BCUT2D eigenvalue weighted by atomic mass is 16.6. The van der Waals surface area contributed by atoms with Crippen LogP contribution in [0.2, 0.25) is 0 Å². The van der Waals surface area contributed by atoms with Crippen molar-refractivity contribution in [2.24, 2.45) is 0 Å². The summed E-state index contributed by atoms with van der Waals surface area (Å²) in [6, 6.07) is 5.19. The van der Waals surface area contributed by atoms with Crippen LogP contribution in [0.15, 0.2) is 24.3 Å². The van der Waals surface area contributed by atoms with Crippen LogP contribution in [-0.2, 0) is 0 Å². The second kappa shape index (κ2) is 3.01. The molecule has 1 aromatic rings. The van der Waals surface area contributed by atoms with Crippen molar-refractivity contribution in [3.63, 3.8) is 0 Å². The van der Waals surface area contributed by atoms with Crippen LogP contribution in [0.5, 0.6) is 0 Å². The molecule has 0 spiro atoms. The Hall–Kier alpha value is -1.58. The monoisotopic (exact) mass is 155 g/mol. The SMILES string of the molecule is [2H]C([2H])([2H])Nc1ccc([N+](=O)[O-])cc1. The first-order valence-electron chi connectivity index (χ1n) is 4.41. The number of non-ortho nitro benzene ring substituents is 1. The molecule has 0 heterocycles. The van der Waals surface area contributed by atoms with Gasteiger partial charge in [-0.3, -0.25) is 10.1 Å². The van der Waals surface area contributed by atoms with Gasteiger partial charge in [0.15, 0.2) is 0 Å². The maximum absolute atomic E-state index is 10.3. The van der Waals surface area contributed by atoms with Crippen LogP contribution in [0, 0.1) is 10.1 Å². The van der Waals surface area contributed by atoms with E-state index in [-0.39, 0.29) is 5.69 Å². The number of nitrogens with one attached hydrogen (secondary N) is 1. The number of rotatable bonds is 2. The van der Waals surface area contributed by atoms with E-state index in [4.69, 9.17) is 4.11 Å². The predicted molar refractivity (Wildman–Crippen MR) is 42.6 cm³/mol. The van der Waals surface area contributed by atoms with Gasteiger partial charge >= 0.3 is 0 Å². The molecule has 0 aliphatic rings. The average molecular weight is 155 g/mol. The number of hydrogen-bond acceptors (Lipinski definition) is 3. The summed E-state index contributed by atoms with van der Waals surface area (Å²) in [6.07, 6.45) is 0. The Kier molecular flexibility index (Phi) is 1.18. The zero-order valence-electron chi connectivity index (χ0n) is 8.57. The van der Waals surface area contributed by atoms with Crippen molar-refractivity contribution in [2.45, 2.75) is 0 Å². The molecule has 4 nitrogen and oxygen atoms in total. The van der Waals surface area contributed by atoms with Crippen molar-refractivity contribution in [2.75, 3.05) is 12.3 Å². The summed E-state index contributed by atoms with van der Waals surface area (Å²) in [5.41, 5.74) is 0.261. The predicted octanol–water partition coefficient (Wildman–Crippen LogP) is 1.64. The summed E-state index contributed by atoms with van der Waals surface area (Å²) in [6.45, 7) is -2.28. The molecule has 0 aliphatic heterocycles. The van der Waals surface area contributed by atoms with Crippen molar-refractivity contribution in [3.05, 3.63) is 34.4 Å². The van der Waals surface area contributed by atoms with Gasteiger partial charge in [0, 0.05) is 28.9 Å². The minimum absolute atomic E-state index is 0.0684. The molecule has 0 fully saturated rings. The first-order chi connectivity index (χ1) is 6.38. The van der Waals surface area contributed by atoms with Gasteiger partial charge in [0.1, 0.15) is 0 Å². The lowest BCUT2D eigenvalue weighted by Gasteiger charge is -1.96. The van der Waals surface area contributed by atoms with E-state index in [1.54, 1.807) is 0 Å². The average Bonchev–Trinajstić information content (AvgIpc) is 2.02. The number of hydrogen-bond donors (Lipinski definition) is 1. The molecule has 4 heteroatoms. The van der Waals surface area contributed by atoms with Crippen LogP contribution in [0.1, 0.15) is 4.11 Å². The maximum atomic E-state index is 10.3. The van der Waals surface area contributed by atoms with Crippen LogP contribution in [0.25, 0.3) is 0 Å². The molecule has 0 radical (unpaired) electrons. The number of benzene rings is 1. The third kappa shape index (κ3) is 1.67. The standard InChI is InChI=1S/C7H8N2O2/c1-8-6-2-4-7(5-3-6)9(10)11/h2-5,8H,1H3/i1D3. The number of anilines is 1. The Morgan fingerprint density at radius 3 is 2.64 bits per heavy atom. The van der Waals surface area contributed by atoms with E-state index in [1.165, 1.54) is 24.3 Å². The lowest BCUT2D eigenvalue weighted by molar-refractivity contribution is -0.384. The molecule has 0 saturated heterocycles. The number of nitro benzene ring substituents is 1. The molecule has 0 aromatic heterocycles. The van der Waals surface area contributed by atoms with E-state index in [9.17, 15) is 10.1 Å². The molecule has 0 bridgehead atoms. The van der Waals surface area contributed by atoms with Crippen molar-refractivity contribution in [3.8, 4) is 0 Å². The largest absolute Gasteiger partial charge is 0.388 e. The van der Waals surface area contributed by atoms with Gasteiger partial charge in [0.2, 0.25) is 0 Å². The van der Waals surface area contributed by atoms with E-state index >= 15 is 0 Å². The van der Waals surface area contributed by atoms with Gasteiger partial charge in [0.25, 0.3) is 5.69 Å². The van der Waals surface area contributed by atoms with Crippen LogP contribution >= 0.6 is 0 Å². The molecular formula is C7H8N2O2. The third-order valence-electron chi connectivity index (χ3n) is 1.22. The zero-order chi connectivity index (χ0) is 10.8. The summed E-state index contributed by atoms with van der Waals surface area (Å²) >= 11 is 0. The topological polar surface area (TPSA) is 55.2 Å². The highest BCUT2D eigenvalue weighted by Gasteiger charge is 2.01. The molecule has 58 valence electrons. The minimum Gasteiger partial charge on any atom is -0.388 e. The number of nitrogens with zero attached hydrogens (tertiary/aromatic N) is 1. The van der Waals surface area contributed by atoms with Gasteiger partial charge in [-0.2, -0.15) is 0 Å². The first-order valence-corrected chi connectivity index (χ1v) is 2.91. The minimum atomic E-state index is -2.28. The first kappa shape index (κ1) is 4.33. The fourth-order valence-electron chi connectivity index (χ4n) is 0.666. The molecule has 1 rings (SSSR count). The summed E-state index contributed by atoms with van der Waals surface area (Å²) < 4.78 is 20.7. The normalized spacial score (nSPS) is 14.4. The van der Waals surface area contributed by atoms with Crippen LogP contribution in [0.3, 0.4) is 0 Å². The molecule has 1 aromatic carbocycles.